The largest absolute Gasteiger partial charge is 0.444 e. The van der Waals surface area contributed by atoms with Crippen LogP contribution >= 0.6 is 11.6 Å². The first-order valence-corrected chi connectivity index (χ1v) is 4.72. The number of halogens is 1. The third kappa shape index (κ3) is 4.60. The van der Waals surface area contributed by atoms with Crippen molar-refractivity contribution in [2.45, 2.75) is 26.4 Å². The van der Waals surface area contributed by atoms with E-state index in [0.29, 0.717) is 5.82 Å². The van der Waals surface area contributed by atoms with Crippen LogP contribution in [0.15, 0.2) is 12.4 Å². The summed E-state index contributed by atoms with van der Waals surface area (Å²) in [6.07, 6.45) is 0.687. The van der Waals surface area contributed by atoms with E-state index >= 15 is 0 Å². The monoisotopic (exact) mass is 229 g/mol. The number of aromatic nitrogens is 2. The Morgan fingerprint density at radius 3 is 2.67 bits per heavy atom. The van der Waals surface area contributed by atoms with Crippen LogP contribution in [0, 0.1) is 0 Å². The van der Waals surface area contributed by atoms with Crippen LogP contribution in [-0.2, 0) is 4.74 Å². The van der Waals surface area contributed by atoms with Crippen LogP contribution < -0.4 is 5.32 Å². The molecule has 0 radical (unpaired) electrons. The standard InChI is InChI=1S/C9H12ClN3O2/c1-9(2,3)15-8(14)13-7-4-6(10)11-5-12-7/h4-5H,1-3H3,(H,11,12,13,14). The van der Waals surface area contributed by atoms with Crippen LogP contribution in [0.2, 0.25) is 5.15 Å². The maximum Gasteiger partial charge on any atom is 0.413 e. The number of hydrogen-bond donors (Lipinski definition) is 1. The molecule has 0 saturated carbocycles. The van der Waals surface area contributed by atoms with Crippen molar-refractivity contribution in [3.63, 3.8) is 0 Å². The van der Waals surface area contributed by atoms with Gasteiger partial charge < -0.3 is 4.74 Å². The Hall–Kier alpha value is -1.36. The maximum atomic E-state index is 11.3. The summed E-state index contributed by atoms with van der Waals surface area (Å²) in [6.45, 7) is 5.33. The molecule has 0 atom stereocenters. The minimum absolute atomic E-state index is 0.260. The van der Waals surface area contributed by atoms with Gasteiger partial charge >= 0.3 is 6.09 Å². The van der Waals surface area contributed by atoms with Crippen molar-refractivity contribution in [2.75, 3.05) is 5.32 Å². The molecular formula is C9H12ClN3O2. The molecule has 1 heterocycles. The molecule has 0 aliphatic carbocycles. The lowest BCUT2D eigenvalue weighted by atomic mass is 10.2. The van der Waals surface area contributed by atoms with Crippen molar-refractivity contribution < 1.29 is 9.53 Å². The first-order chi connectivity index (χ1) is 6.87. The second-order valence-corrected chi connectivity index (χ2v) is 4.24. The maximum absolute atomic E-state index is 11.3. The van der Waals surface area contributed by atoms with E-state index in [1.54, 1.807) is 20.8 Å². The molecule has 0 saturated heterocycles. The highest BCUT2D eigenvalue weighted by Crippen LogP contribution is 2.11. The SMILES string of the molecule is CC(C)(C)OC(=O)Nc1cc(Cl)ncn1. The smallest absolute Gasteiger partial charge is 0.413 e. The average molecular weight is 230 g/mol. The van der Waals surface area contributed by atoms with E-state index in [1.807, 2.05) is 0 Å². The molecule has 82 valence electrons. The first-order valence-electron chi connectivity index (χ1n) is 4.34. The molecular weight excluding hydrogens is 218 g/mol. The molecule has 1 amide bonds. The van der Waals surface area contributed by atoms with Crippen molar-refractivity contribution in [2.24, 2.45) is 0 Å². The number of nitrogens with zero attached hydrogens (tertiary/aromatic N) is 2. The van der Waals surface area contributed by atoms with Gasteiger partial charge in [0, 0.05) is 6.07 Å². The average Bonchev–Trinajstić information content (AvgIpc) is 1.99. The van der Waals surface area contributed by atoms with Gasteiger partial charge in [0.15, 0.2) is 0 Å². The second-order valence-electron chi connectivity index (χ2n) is 3.85. The van der Waals surface area contributed by atoms with Crippen LogP contribution in [0.3, 0.4) is 0 Å². The third-order valence-corrected chi connectivity index (χ3v) is 1.47. The summed E-state index contributed by atoms with van der Waals surface area (Å²) in [5, 5.41) is 2.70. The van der Waals surface area contributed by atoms with Gasteiger partial charge in [0.25, 0.3) is 0 Å². The predicted molar refractivity (Wildman–Crippen MR) is 56.9 cm³/mol. The zero-order chi connectivity index (χ0) is 11.5. The lowest BCUT2D eigenvalue weighted by Gasteiger charge is -2.19. The van der Waals surface area contributed by atoms with Crippen molar-refractivity contribution in [1.29, 1.82) is 0 Å². The summed E-state index contributed by atoms with van der Waals surface area (Å²) < 4.78 is 5.03. The molecule has 6 heteroatoms. The number of nitrogens with one attached hydrogen (secondary N) is 1. The minimum atomic E-state index is -0.572. The molecule has 0 aliphatic heterocycles. The second kappa shape index (κ2) is 4.44. The van der Waals surface area contributed by atoms with E-state index in [9.17, 15) is 4.79 Å². The van der Waals surface area contributed by atoms with Gasteiger partial charge in [-0.1, -0.05) is 11.6 Å². The Kier molecular flexibility index (Phi) is 3.47. The van der Waals surface area contributed by atoms with Crippen molar-refractivity contribution >= 4 is 23.5 Å². The van der Waals surface area contributed by atoms with Crippen LogP contribution in [0.1, 0.15) is 20.8 Å². The summed E-state index contributed by atoms with van der Waals surface area (Å²) in [5.74, 6) is 0.309. The van der Waals surface area contributed by atoms with E-state index in [2.05, 4.69) is 15.3 Å². The van der Waals surface area contributed by atoms with E-state index in [1.165, 1.54) is 12.4 Å². The summed E-state index contributed by atoms with van der Waals surface area (Å²) in [6, 6.07) is 1.44. The van der Waals surface area contributed by atoms with Crippen LogP contribution in [0.25, 0.3) is 0 Å². The Balaban J connectivity index is 2.59. The highest BCUT2D eigenvalue weighted by Gasteiger charge is 2.16. The van der Waals surface area contributed by atoms with Crippen LogP contribution in [0.5, 0.6) is 0 Å². The number of rotatable bonds is 1. The van der Waals surface area contributed by atoms with E-state index in [0.717, 1.165) is 0 Å². The molecule has 15 heavy (non-hydrogen) atoms. The molecule has 0 fully saturated rings. The highest BCUT2D eigenvalue weighted by molar-refractivity contribution is 6.29. The normalized spacial score (nSPS) is 10.9. The molecule has 0 bridgehead atoms. The first kappa shape index (κ1) is 11.7. The lowest BCUT2D eigenvalue weighted by Crippen LogP contribution is -2.27. The summed E-state index contributed by atoms with van der Waals surface area (Å²) in [5.41, 5.74) is -0.541. The van der Waals surface area contributed by atoms with Gasteiger partial charge in [-0.3, -0.25) is 5.32 Å². The van der Waals surface area contributed by atoms with Crippen LogP contribution in [0.4, 0.5) is 10.6 Å². The summed E-state index contributed by atoms with van der Waals surface area (Å²) in [4.78, 5) is 18.8. The molecule has 0 spiro atoms. The van der Waals surface area contributed by atoms with Crippen molar-refractivity contribution in [3.05, 3.63) is 17.5 Å². The summed E-state index contributed by atoms with van der Waals surface area (Å²) in [7, 11) is 0. The number of anilines is 1. The van der Waals surface area contributed by atoms with Gasteiger partial charge in [0.05, 0.1) is 0 Å². The highest BCUT2D eigenvalue weighted by atomic mass is 35.5. The molecule has 1 aromatic rings. The number of amides is 1. The third-order valence-electron chi connectivity index (χ3n) is 1.26. The molecule has 1 N–H and O–H groups in total. The predicted octanol–water partition coefficient (Wildman–Crippen LogP) is 2.48. The Bertz CT molecular complexity index is 363. The zero-order valence-corrected chi connectivity index (χ0v) is 9.50. The van der Waals surface area contributed by atoms with Crippen molar-refractivity contribution in [1.82, 2.24) is 9.97 Å². The zero-order valence-electron chi connectivity index (χ0n) is 8.74. The lowest BCUT2D eigenvalue weighted by molar-refractivity contribution is 0.0635. The van der Waals surface area contributed by atoms with Gasteiger partial charge in [0.1, 0.15) is 22.9 Å². The molecule has 0 aromatic carbocycles. The van der Waals surface area contributed by atoms with Crippen molar-refractivity contribution in [3.8, 4) is 0 Å². The summed E-state index contributed by atoms with van der Waals surface area (Å²) >= 11 is 5.62. The minimum Gasteiger partial charge on any atom is -0.444 e. The van der Waals surface area contributed by atoms with E-state index < -0.39 is 11.7 Å². The fourth-order valence-corrected chi connectivity index (χ4v) is 0.957. The Morgan fingerprint density at radius 2 is 2.13 bits per heavy atom. The van der Waals surface area contributed by atoms with Crippen LogP contribution in [-0.4, -0.2) is 21.7 Å². The number of hydrogen-bond acceptors (Lipinski definition) is 4. The van der Waals surface area contributed by atoms with Gasteiger partial charge in [-0.15, -0.1) is 0 Å². The van der Waals surface area contributed by atoms with Gasteiger partial charge in [-0.2, -0.15) is 0 Å². The fourth-order valence-electron chi connectivity index (χ4n) is 0.810. The van der Waals surface area contributed by atoms with Gasteiger partial charge in [0.2, 0.25) is 0 Å². The van der Waals surface area contributed by atoms with Gasteiger partial charge in [-0.05, 0) is 20.8 Å². The molecule has 1 rings (SSSR count). The fraction of sp³-hybridized carbons (Fsp3) is 0.444. The quantitative estimate of drug-likeness (QED) is 0.752. The Labute approximate surface area is 92.8 Å². The molecule has 1 aromatic heterocycles. The van der Waals surface area contributed by atoms with E-state index in [-0.39, 0.29) is 5.15 Å². The van der Waals surface area contributed by atoms with E-state index in [4.69, 9.17) is 16.3 Å². The molecule has 0 unspecified atom stereocenters. The Morgan fingerprint density at radius 1 is 1.47 bits per heavy atom. The number of carbonyl (C=O) groups is 1. The number of carbonyl (C=O) groups excluding carboxylic acids is 1. The van der Waals surface area contributed by atoms with Gasteiger partial charge in [-0.25, -0.2) is 14.8 Å². The molecule has 0 aliphatic rings. The molecule has 5 nitrogen and oxygen atoms in total. The topological polar surface area (TPSA) is 64.1 Å². The number of ether oxygens (including phenoxy) is 1.